The Bertz CT molecular complexity index is 1380. The molecule has 4 N–H and O–H groups in total. The smallest absolute Gasteiger partial charge is 0.260 e. The number of aromatic nitrogens is 3. The maximum Gasteiger partial charge on any atom is 0.260 e. The van der Waals surface area contributed by atoms with E-state index in [0.29, 0.717) is 18.8 Å². The van der Waals surface area contributed by atoms with Gasteiger partial charge in [0.05, 0.1) is 18.3 Å². The molecule has 0 aliphatic carbocycles. The van der Waals surface area contributed by atoms with Crippen molar-refractivity contribution in [1.82, 2.24) is 19.9 Å². The molecule has 0 saturated carbocycles. The van der Waals surface area contributed by atoms with E-state index < -0.39 is 11.6 Å². The molecule has 0 unspecified atom stereocenters. The van der Waals surface area contributed by atoms with Gasteiger partial charge in [0.15, 0.2) is 4.77 Å². The van der Waals surface area contributed by atoms with Gasteiger partial charge in [0.25, 0.3) is 5.56 Å². The number of benzene rings is 2. The Morgan fingerprint density at radius 1 is 1.16 bits per heavy atom. The number of rotatable bonds is 4. The third kappa shape index (κ3) is 3.24. The number of fused-ring (bicyclic) bond motifs is 3. The Morgan fingerprint density at radius 2 is 1.94 bits per heavy atom. The molecule has 0 spiro atoms. The Morgan fingerprint density at radius 3 is 2.71 bits per heavy atom. The topological polar surface area (TPSA) is 95.1 Å². The maximum atomic E-state index is 12.9. The van der Waals surface area contributed by atoms with Crippen LogP contribution in [0.3, 0.4) is 0 Å². The van der Waals surface area contributed by atoms with E-state index in [2.05, 4.69) is 21.4 Å². The average Bonchev–Trinajstić information content (AvgIpc) is 3.14. The summed E-state index contributed by atoms with van der Waals surface area (Å²) in [7, 11) is 0. The second kappa shape index (κ2) is 7.72. The number of aromatic hydroxyl groups is 1. The quantitative estimate of drug-likeness (QED) is 0.367. The van der Waals surface area contributed by atoms with Crippen molar-refractivity contribution in [3.05, 3.63) is 80.5 Å². The molecule has 3 heterocycles. The van der Waals surface area contributed by atoms with Gasteiger partial charge in [-0.1, -0.05) is 18.2 Å². The standard InChI is InChI=1S/C23H22N4O3S/c1-2-30-14-9-7-13(8-10-14)27-22(29)18(21(28)26-23(27)31)20-19-16(11-12-24-20)15-5-3-4-6-17(15)25-19/h3-10,20,24-25,29H,2,11-12H2,1H3,(H,26,28,31)/t20-/m1/s1. The van der Waals surface area contributed by atoms with Crippen molar-refractivity contribution < 1.29 is 9.84 Å². The number of nitrogens with zero attached hydrogens (tertiary/aromatic N) is 1. The minimum absolute atomic E-state index is 0.128. The summed E-state index contributed by atoms with van der Waals surface area (Å²) < 4.78 is 7.09. The van der Waals surface area contributed by atoms with Gasteiger partial charge < -0.3 is 20.1 Å². The molecule has 31 heavy (non-hydrogen) atoms. The zero-order valence-electron chi connectivity index (χ0n) is 16.9. The summed E-state index contributed by atoms with van der Waals surface area (Å²) in [6.07, 6.45) is 0.840. The molecular formula is C23H22N4O3S. The summed E-state index contributed by atoms with van der Waals surface area (Å²) in [5, 5.41) is 15.7. The number of hydrogen-bond acceptors (Lipinski definition) is 5. The van der Waals surface area contributed by atoms with Crippen molar-refractivity contribution in [3.8, 4) is 17.3 Å². The molecule has 5 rings (SSSR count). The van der Waals surface area contributed by atoms with Crippen LogP contribution in [0.4, 0.5) is 0 Å². The molecule has 1 aliphatic heterocycles. The molecule has 2 aromatic carbocycles. The fourth-order valence-electron chi connectivity index (χ4n) is 4.32. The van der Waals surface area contributed by atoms with Crippen molar-refractivity contribution in [2.75, 3.05) is 13.2 Å². The molecule has 1 aliphatic rings. The SMILES string of the molecule is CCOc1ccc(-n2c(O)c([C@H]3NCCc4c3[nH]c3ccccc43)c(=O)[nH]c2=S)cc1. The molecule has 2 aromatic heterocycles. The molecule has 0 amide bonds. The fourth-order valence-corrected chi connectivity index (χ4v) is 4.61. The molecule has 0 radical (unpaired) electrons. The van der Waals surface area contributed by atoms with Gasteiger partial charge in [-0.3, -0.25) is 14.3 Å². The lowest BCUT2D eigenvalue weighted by Crippen LogP contribution is -2.35. The first kappa shape index (κ1) is 19.6. The highest BCUT2D eigenvalue weighted by Gasteiger charge is 2.30. The third-order valence-corrected chi connectivity index (χ3v) is 5.96. The van der Waals surface area contributed by atoms with Crippen molar-refractivity contribution in [1.29, 1.82) is 0 Å². The van der Waals surface area contributed by atoms with Crippen LogP contribution in [-0.2, 0) is 6.42 Å². The first-order valence-electron chi connectivity index (χ1n) is 10.2. The predicted octanol–water partition coefficient (Wildman–Crippen LogP) is 3.72. The van der Waals surface area contributed by atoms with Gasteiger partial charge in [-0.15, -0.1) is 0 Å². The van der Waals surface area contributed by atoms with Crippen LogP contribution in [0, 0.1) is 4.77 Å². The highest BCUT2D eigenvalue weighted by Crippen LogP contribution is 2.35. The Hall–Kier alpha value is -3.36. The van der Waals surface area contributed by atoms with Crippen LogP contribution < -0.4 is 15.6 Å². The van der Waals surface area contributed by atoms with E-state index >= 15 is 0 Å². The average molecular weight is 435 g/mol. The van der Waals surface area contributed by atoms with Gasteiger partial charge >= 0.3 is 0 Å². The minimum atomic E-state index is -0.482. The van der Waals surface area contributed by atoms with Crippen LogP contribution >= 0.6 is 12.2 Å². The fraction of sp³-hybridized carbons (Fsp3) is 0.217. The van der Waals surface area contributed by atoms with Gasteiger partial charge in [-0.05, 0) is 61.5 Å². The second-order valence-corrected chi connectivity index (χ2v) is 7.85. The van der Waals surface area contributed by atoms with E-state index in [1.54, 1.807) is 24.3 Å². The molecule has 0 fully saturated rings. The Kier molecular flexibility index (Phi) is 4.88. The minimum Gasteiger partial charge on any atom is -0.494 e. The van der Waals surface area contributed by atoms with Crippen LogP contribution in [-0.4, -0.2) is 32.8 Å². The van der Waals surface area contributed by atoms with Crippen molar-refractivity contribution in [2.24, 2.45) is 0 Å². The van der Waals surface area contributed by atoms with Crippen LogP contribution in [0.2, 0.25) is 0 Å². The number of hydrogen-bond donors (Lipinski definition) is 4. The van der Waals surface area contributed by atoms with E-state index in [-0.39, 0.29) is 16.2 Å². The zero-order chi connectivity index (χ0) is 21.5. The summed E-state index contributed by atoms with van der Waals surface area (Å²) in [4.78, 5) is 19.1. The first-order chi connectivity index (χ1) is 15.1. The Balaban J connectivity index is 1.67. The van der Waals surface area contributed by atoms with E-state index in [4.69, 9.17) is 17.0 Å². The summed E-state index contributed by atoms with van der Waals surface area (Å²) in [5.41, 5.74) is 3.52. The van der Waals surface area contributed by atoms with Crippen LogP contribution in [0.1, 0.15) is 29.8 Å². The van der Waals surface area contributed by atoms with E-state index in [1.165, 1.54) is 4.57 Å². The number of para-hydroxylation sites is 1. The third-order valence-electron chi connectivity index (χ3n) is 5.67. The highest BCUT2D eigenvalue weighted by molar-refractivity contribution is 7.71. The van der Waals surface area contributed by atoms with Gasteiger partial charge in [-0.2, -0.15) is 0 Å². The lowest BCUT2D eigenvalue weighted by atomic mass is 9.95. The monoisotopic (exact) mass is 434 g/mol. The normalized spacial score (nSPS) is 15.7. The summed E-state index contributed by atoms with van der Waals surface area (Å²) in [6.45, 7) is 3.17. The second-order valence-electron chi connectivity index (χ2n) is 7.46. The number of ether oxygens (including phenoxy) is 1. The molecular weight excluding hydrogens is 412 g/mol. The molecule has 7 nitrogen and oxygen atoms in total. The van der Waals surface area contributed by atoms with E-state index in [0.717, 1.165) is 34.3 Å². The van der Waals surface area contributed by atoms with Crippen LogP contribution in [0.5, 0.6) is 11.6 Å². The number of H-pyrrole nitrogens is 2. The predicted molar refractivity (Wildman–Crippen MR) is 122 cm³/mol. The van der Waals surface area contributed by atoms with Crippen molar-refractivity contribution in [2.45, 2.75) is 19.4 Å². The highest BCUT2D eigenvalue weighted by atomic mass is 32.1. The van der Waals surface area contributed by atoms with Gasteiger partial charge in [0.2, 0.25) is 5.88 Å². The molecule has 0 saturated heterocycles. The zero-order valence-corrected chi connectivity index (χ0v) is 17.8. The van der Waals surface area contributed by atoms with Gasteiger partial charge in [-0.25, -0.2) is 0 Å². The van der Waals surface area contributed by atoms with Crippen LogP contribution in [0.25, 0.3) is 16.6 Å². The van der Waals surface area contributed by atoms with Gasteiger partial charge in [0.1, 0.15) is 11.3 Å². The number of nitrogens with one attached hydrogen (secondary N) is 3. The molecule has 4 aromatic rings. The molecule has 0 bridgehead atoms. The molecule has 158 valence electrons. The lowest BCUT2D eigenvalue weighted by molar-refractivity contribution is 0.340. The molecule has 8 heteroatoms. The van der Waals surface area contributed by atoms with Crippen molar-refractivity contribution >= 4 is 23.1 Å². The van der Waals surface area contributed by atoms with Crippen LogP contribution in [0.15, 0.2) is 53.3 Å². The Labute approximate surface area is 183 Å². The van der Waals surface area contributed by atoms with Gasteiger partial charge in [0, 0.05) is 23.1 Å². The van der Waals surface area contributed by atoms with E-state index in [1.807, 2.05) is 25.1 Å². The van der Waals surface area contributed by atoms with Crippen molar-refractivity contribution in [3.63, 3.8) is 0 Å². The maximum absolute atomic E-state index is 12.9. The largest absolute Gasteiger partial charge is 0.494 e. The summed E-state index contributed by atoms with van der Waals surface area (Å²) >= 11 is 5.37. The first-order valence-corrected chi connectivity index (χ1v) is 10.6. The lowest BCUT2D eigenvalue weighted by Gasteiger charge is -2.25. The summed E-state index contributed by atoms with van der Waals surface area (Å²) in [6, 6.07) is 14.8. The summed E-state index contributed by atoms with van der Waals surface area (Å²) in [5.74, 6) is 0.542. The molecule has 1 atom stereocenters. The number of aromatic amines is 2. The van der Waals surface area contributed by atoms with E-state index in [9.17, 15) is 9.90 Å².